The van der Waals surface area contributed by atoms with E-state index in [9.17, 15) is 8.42 Å². The maximum absolute atomic E-state index is 12.6. The van der Waals surface area contributed by atoms with Crippen molar-refractivity contribution in [1.82, 2.24) is 4.72 Å². The molecule has 0 fully saturated rings. The molecule has 0 bridgehead atoms. The Morgan fingerprint density at radius 2 is 1.52 bits per heavy atom. The zero-order valence-corrected chi connectivity index (χ0v) is 16.2. The van der Waals surface area contributed by atoms with Crippen LogP contribution >= 0.6 is 0 Å². The second-order valence-electron chi connectivity index (χ2n) is 6.04. The van der Waals surface area contributed by atoms with E-state index in [-0.39, 0.29) is 0 Å². The van der Waals surface area contributed by atoms with Crippen LogP contribution in [0.25, 0.3) is 0 Å². The van der Waals surface area contributed by atoms with E-state index in [0.29, 0.717) is 29.4 Å². The lowest BCUT2D eigenvalue weighted by Gasteiger charge is -2.13. The van der Waals surface area contributed by atoms with Gasteiger partial charge in [0.15, 0.2) is 11.5 Å². The minimum atomic E-state index is -3.53. The summed E-state index contributed by atoms with van der Waals surface area (Å²) in [6.07, 6.45) is 0.559. The lowest BCUT2D eigenvalue weighted by molar-refractivity contribution is 0.354. The van der Waals surface area contributed by atoms with Crippen LogP contribution in [0.15, 0.2) is 35.2 Å². The summed E-state index contributed by atoms with van der Waals surface area (Å²) in [5.74, 6) is 1.28. The van der Waals surface area contributed by atoms with Crippen LogP contribution in [0.1, 0.15) is 22.3 Å². The van der Waals surface area contributed by atoms with E-state index in [1.54, 1.807) is 20.3 Å². The number of rotatable bonds is 7. The highest BCUT2D eigenvalue weighted by atomic mass is 32.2. The quantitative estimate of drug-likeness (QED) is 0.821. The fourth-order valence-electron chi connectivity index (χ4n) is 2.67. The fraction of sp³-hybridized carbons (Fsp3) is 0.368. The lowest BCUT2D eigenvalue weighted by atomic mass is 10.1. The summed E-state index contributed by atoms with van der Waals surface area (Å²) < 4.78 is 38.3. The van der Waals surface area contributed by atoms with Crippen molar-refractivity contribution in [3.63, 3.8) is 0 Å². The molecule has 6 heteroatoms. The van der Waals surface area contributed by atoms with Gasteiger partial charge in [-0.15, -0.1) is 0 Å². The molecule has 0 saturated carbocycles. The minimum absolute atomic E-state index is 0.310. The van der Waals surface area contributed by atoms with Gasteiger partial charge in [-0.3, -0.25) is 0 Å². The van der Waals surface area contributed by atoms with Crippen molar-refractivity contribution in [2.24, 2.45) is 0 Å². The van der Waals surface area contributed by atoms with Gasteiger partial charge in [0.1, 0.15) is 0 Å². The largest absolute Gasteiger partial charge is 0.493 e. The third-order valence-electron chi connectivity index (χ3n) is 4.23. The monoisotopic (exact) mass is 363 g/mol. The molecule has 2 rings (SSSR count). The normalized spacial score (nSPS) is 11.4. The number of aryl methyl sites for hydroxylation is 3. The minimum Gasteiger partial charge on any atom is -0.493 e. The Bertz CT molecular complexity index is 860. The van der Waals surface area contributed by atoms with Crippen LogP contribution in [-0.4, -0.2) is 29.2 Å². The number of hydrogen-bond donors (Lipinski definition) is 1. The van der Waals surface area contributed by atoms with Gasteiger partial charge < -0.3 is 9.47 Å². The predicted octanol–water partition coefficient (Wildman–Crippen LogP) is 3.15. The molecule has 0 aliphatic carbocycles. The highest BCUT2D eigenvalue weighted by molar-refractivity contribution is 7.89. The van der Waals surface area contributed by atoms with Crippen molar-refractivity contribution in [3.05, 3.63) is 52.6 Å². The van der Waals surface area contributed by atoms with Gasteiger partial charge in [-0.2, -0.15) is 0 Å². The average Bonchev–Trinajstić information content (AvgIpc) is 2.57. The summed E-state index contributed by atoms with van der Waals surface area (Å²) in [5.41, 5.74) is 3.77. The van der Waals surface area contributed by atoms with Crippen LogP contribution in [0.2, 0.25) is 0 Å². The molecular weight excluding hydrogens is 338 g/mol. The Hall–Kier alpha value is -2.05. The molecule has 0 atom stereocenters. The van der Waals surface area contributed by atoms with Gasteiger partial charge in [-0.25, -0.2) is 13.1 Å². The van der Waals surface area contributed by atoms with E-state index in [2.05, 4.69) is 4.72 Å². The second kappa shape index (κ2) is 7.89. The molecule has 0 radical (unpaired) electrons. The highest BCUT2D eigenvalue weighted by Gasteiger charge is 2.17. The number of nitrogens with one attached hydrogen (secondary N) is 1. The summed E-state index contributed by atoms with van der Waals surface area (Å²) >= 11 is 0. The van der Waals surface area contributed by atoms with Gasteiger partial charge in [0.2, 0.25) is 10.0 Å². The first-order chi connectivity index (χ1) is 11.8. The van der Waals surface area contributed by atoms with E-state index >= 15 is 0 Å². The Balaban J connectivity index is 2.10. The van der Waals surface area contributed by atoms with E-state index in [1.807, 2.05) is 45.0 Å². The maximum atomic E-state index is 12.6. The van der Waals surface area contributed by atoms with Crippen molar-refractivity contribution in [3.8, 4) is 11.5 Å². The Kier molecular flexibility index (Phi) is 6.08. The maximum Gasteiger partial charge on any atom is 0.240 e. The number of benzene rings is 2. The summed E-state index contributed by atoms with van der Waals surface area (Å²) in [6, 6.07) is 9.20. The van der Waals surface area contributed by atoms with Gasteiger partial charge in [0.05, 0.1) is 19.1 Å². The molecule has 0 aliphatic rings. The summed E-state index contributed by atoms with van der Waals surface area (Å²) in [4.78, 5) is 0.336. The third kappa shape index (κ3) is 4.52. The molecule has 5 nitrogen and oxygen atoms in total. The Morgan fingerprint density at radius 3 is 2.16 bits per heavy atom. The molecule has 0 aromatic heterocycles. The Morgan fingerprint density at radius 1 is 0.880 bits per heavy atom. The van der Waals surface area contributed by atoms with Crippen molar-refractivity contribution in [2.75, 3.05) is 20.8 Å². The topological polar surface area (TPSA) is 64.6 Å². The van der Waals surface area contributed by atoms with Crippen molar-refractivity contribution < 1.29 is 17.9 Å². The first-order valence-corrected chi connectivity index (χ1v) is 9.55. The summed E-state index contributed by atoms with van der Waals surface area (Å²) in [7, 11) is -0.378. The van der Waals surface area contributed by atoms with Crippen molar-refractivity contribution in [1.29, 1.82) is 0 Å². The fourth-order valence-corrected chi connectivity index (χ4v) is 4.01. The Labute approximate surface area is 150 Å². The molecule has 0 spiro atoms. The summed E-state index contributed by atoms with van der Waals surface area (Å²) in [5, 5.41) is 0. The molecule has 0 amide bonds. The first kappa shape index (κ1) is 19.3. The molecule has 136 valence electrons. The molecule has 2 aromatic carbocycles. The number of sulfonamides is 1. The molecular formula is C19H25NO4S. The standard InChI is InChI=1S/C19H25NO4S/c1-13-10-15(3)19(11-14(13)2)25(21,22)20-9-8-16-6-7-17(23-4)18(12-16)24-5/h6-7,10-12,20H,8-9H2,1-5H3. The molecule has 2 aromatic rings. The first-order valence-electron chi connectivity index (χ1n) is 8.07. The smallest absolute Gasteiger partial charge is 0.240 e. The van der Waals surface area contributed by atoms with E-state index < -0.39 is 10.0 Å². The number of hydrogen-bond acceptors (Lipinski definition) is 4. The van der Waals surface area contributed by atoms with Crippen molar-refractivity contribution >= 4 is 10.0 Å². The van der Waals surface area contributed by atoms with Gasteiger partial charge >= 0.3 is 0 Å². The van der Waals surface area contributed by atoms with Gasteiger partial charge in [0.25, 0.3) is 0 Å². The zero-order valence-electron chi connectivity index (χ0n) is 15.3. The second-order valence-corrected chi connectivity index (χ2v) is 7.77. The molecule has 0 saturated heterocycles. The van der Waals surface area contributed by atoms with Crippen LogP contribution in [0.4, 0.5) is 0 Å². The van der Waals surface area contributed by atoms with Gasteiger partial charge in [-0.05, 0) is 67.6 Å². The SMILES string of the molecule is COc1ccc(CCNS(=O)(=O)c2cc(C)c(C)cc2C)cc1OC. The van der Waals surface area contributed by atoms with E-state index in [1.165, 1.54) is 0 Å². The summed E-state index contributed by atoms with van der Waals surface area (Å²) in [6.45, 7) is 6.01. The van der Waals surface area contributed by atoms with Gasteiger partial charge in [0, 0.05) is 6.54 Å². The average molecular weight is 363 g/mol. The van der Waals surface area contributed by atoms with Gasteiger partial charge in [-0.1, -0.05) is 12.1 Å². The van der Waals surface area contributed by atoms with E-state index in [0.717, 1.165) is 22.3 Å². The predicted molar refractivity (Wildman–Crippen MR) is 99.1 cm³/mol. The molecule has 0 heterocycles. The van der Waals surface area contributed by atoms with Crippen LogP contribution in [0.3, 0.4) is 0 Å². The van der Waals surface area contributed by atoms with Crippen molar-refractivity contribution in [2.45, 2.75) is 32.1 Å². The number of methoxy groups -OCH3 is 2. The highest BCUT2D eigenvalue weighted by Crippen LogP contribution is 2.27. The zero-order chi connectivity index (χ0) is 18.6. The molecule has 1 N–H and O–H groups in total. The van der Waals surface area contributed by atoms with Crippen LogP contribution in [0.5, 0.6) is 11.5 Å². The van der Waals surface area contributed by atoms with E-state index in [4.69, 9.17) is 9.47 Å². The third-order valence-corrected chi connectivity index (χ3v) is 5.84. The molecule has 25 heavy (non-hydrogen) atoms. The molecule has 0 unspecified atom stereocenters. The number of ether oxygens (including phenoxy) is 2. The lowest BCUT2D eigenvalue weighted by Crippen LogP contribution is -2.26. The van der Waals surface area contributed by atoms with Crippen LogP contribution in [-0.2, 0) is 16.4 Å². The van der Waals surface area contributed by atoms with Crippen LogP contribution in [0, 0.1) is 20.8 Å². The molecule has 0 aliphatic heterocycles. The van der Waals surface area contributed by atoms with Crippen LogP contribution < -0.4 is 14.2 Å².